The van der Waals surface area contributed by atoms with Crippen LogP contribution in [0.3, 0.4) is 0 Å². The summed E-state index contributed by atoms with van der Waals surface area (Å²) in [5, 5.41) is 12.5. The monoisotopic (exact) mass is 372 g/mol. The maximum atomic E-state index is 13.0. The van der Waals surface area contributed by atoms with Gasteiger partial charge < -0.3 is 14.7 Å². The third-order valence-corrected chi connectivity index (χ3v) is 6.49. The average Bonchev–Trinajstić information content (AvgIpc) is 3.37. The molecule has 3 heterocycles. The summed E-state index contributed by atoms with van der Waals surface area (Å²) in [6, 6.07) is 5.92. The molecule has 26 heavy (non-hydrogen) atoms. The molecule has 2 aromatic rings. The van der Waals surface area contributed by atoms with Crippen molar-refractivity contribution in [3.8, 4) is 5.88 Å². The van der Waals surface area contributed by atoms with E-state index < -0.39 is 6.10 Å². The number of nitrogens with zero attached hydrogens (tertiary/aromatic N) is 2. The van der Waals surface area contributed by atoms with Gasteiger partial charge in [0.2, 0.25) is 5.88 Å². The topological polar surface area (TPSA) is 62.7 Å². The van der Waals surface area contributed by atoms with Gasteiger partial charge >= 0.3 is 0 Å². The number of ether oxygens (including phenoxy) is 1. The summed E-state index contributed by atoms with van der Waals surface area (Å²) in [7, 11) is 1.57. The molecule has 0 radical (unpaired) electrons. The van der Waals surface area contributed by atoms with Gasteiger partial charge in [-0.25, -0.2) is 4.98 Å². The first-order valence-electron chi connectivity index (χ1n) is 9.25. The third kappa shape index (κ3) is 3.23. The number of aliphatic hydroxyl groups is 1. The number of fused-ring (bicyclic) bond motifs is 1. The summed E-state index contributed by atoms with van der Waals surface area (Å²) >= 11 is 1.59. The van der Waals surface area contributed by atoms with Crippen LogP contribution in [0.15, 0.2) is 23.6 Å². The van der Waals surface area contributed by atoms with E-state index in [1.54, 1.807) is 18.4 Å². The fourth-order valence-corrected chi connectivity index (χ4v) is 4.85. The number of piperidine rings is 1. The summed E-state index contributed by atoms with van der Waals surface area (Å²) < 4.78 is 5.39. The van der Waals surface area contributed by atoms with Gasteiger partial charge in [-0.15, -0.1) is 11.3 Å². The summed E-state index contributed by atoms with van der Waals surface area (Å²) in [5.41, 5.74) is 2.82. The van der Waals surface area contributed by atoms with Crippen LogP contribution < -0.4 is 4.74 Å². The zero-order chi connectivity index (χ0) is 18.1. The lowest BCUT2D eigenvalue weighted by molar-refractivity contribution is 0.0471. The van der Waals surface area contributed by atoms with Crippen molar-refractivity contribution in [3.63, 3.8) is 0 Å². The molecule has 1 atom stereocenters. The fourth-order valence-electron chi connectivity index (χ4n) is 4.04. The Bertz CT molecular complexity index is 783. The van der Waals surface area contributed by atoms with Crippen molar-refractivity contribution in [1.29, 1.82) is 0 Å². The molecule has 1 aliphatic carbocycles. The molecule has 1 amide bonds. The van der Waals surface area contributed by atoms with Crippen LogP contribution in [0, 0.1) is 5.92 Å². The lowest BCUT2D eigenvalue weighted by atomic mass is 9.90. The molecule has 0 aromatic carbocycles. The Labute approximate surface area is 157 Å². The summed E-state index contributed by atoms with van der Waals surface area (Å²) in [6.07, 6.45) is 4.24. The molecule has 5 nitrogen and oxygen atoms in total. The van der Waals surface area contributed by atoms with E-state index in [-0.39, 0.29) is 11.8 Å². The predicted molar refractivity (Wildman–Crippen MR) is 101 cm³/mol. The zero-order valence-corrected chi connectivity index (χ0v) is 15.8. The Morgan fingerprint density at radius 3 is 2.88 bits per heavy atom. The fraction of sp³-hybridized carbons (Fsp3) is 0.500. The van der Waals surface area contributed by atoms with E-state index in [2.05, 4.69) is 4.98 Å². The highest BCUT2D eigenvalue weighted by Gasteiger charge is 2.31. The van der Waals surface area contributed by atoms with Crippen LogP contribution in [-0.4, -0.2) is 41.1 Å². The van der Waals surface area contributed by atoms with E-state index in [0.717, 1.165) is 42.7 Å². The molecular formula is C20H24N2O3S. The Balaban J connectivity index is 1.46. The zero-order valence-electron chi connectivity index (χ0n) is 15.0. The molecule has 1 fully saturated rings. The number of carbonyl (C=O) groups excluding carboxylic acids is 1. The van der Waals surface area contributed by atoms with Crippen LogP contribution in [-0.2, 0) is 12.8 Å². The molecule has 0 spiro atoms. The Hall–Kier alpha value is -1.92. The van der Waals surface area contributed by atoms with E-state index in [9.17, 15) is 9.90 Å². The maximum Gasteiger partial charge on any atom is 0.259 e. The molecule has 1 saturated heterocycles. The molecule has 1 N–H and O–H groups in total. The smallest absolute Gasteiger partial charge is 0.259 e. The van der Waals surface area contributed by atoms with E-state index in [4.69, 9.17) is 4.74 Å². The van der Waals surface area contributed by atoms with Gasteiger partial charge in [0, 0.05) is 23.7 Å². The number of aryl methyl sites for hydroxylation is 2. The van der Waals surface area contributed by atoms with Gasteiger partial charge in [-0.1, -0.05) is 6.07 Å². The maximum absolute atomic E-state index is 13.0. The number of rotatable bonds is 4. The second-order valence-electron chi connectivity index (χ2n) is 7.09. The molecule has 0 bridgehead atoms. The number of aromatic nitrogens is 1. The van der Waals surface area contributed by atoms with E-state index in [0.29, 0.717) is 24.5 Å². The highest BCUT2D eigenvalue weighted by Crippen LogP contribution is 2.34. The number of carbonyl (C=O) groups is 1. The van der Waals surface area contributed by atoms with Crippen molar-refractivity contribution >= 4 is 17.2 Å². The molecule has 2 aliphatic rings. The van der Waals surface area contributed by atoms with E-state index >= 15 is 0 Å². The normalized spacial score (nSPS) is 18.6. The molecule has 138 valence electrons. The van der Waals surface area contributed by atoms with Crippen molar-refractivity contribution in [3.05, 3.63) is 45.3 Å². The second kappa shape index (κ2) is 7.37. The van der Waals surface area contributed by atoms with Gasteiger partial charge in [0.1, 0.15) is 5.56 Å². The molecule has 6 heteroatoms. The minimum Gasteiger partial charge on any atom is -0.480 e. The Morgan fingerprint density at radius 2 is 2.19 bits per heavy atom. The number of hydrogen-bond acceptors (Lipinski definition) is 5. The standard InChI is InChI=1S/C20H24N2O3S/c1-25-19-15(12-14-4-2-5-16(14)21-19)20(24)22-9-7-13(8-10-22)18(23)17-6-3-11-26-17/h3,6,11-13,18,23H,2,4-5,7-10H2,1H3. The molecule has 0 saturated carbocycles. The van der Waals surface area contributed by atoms with Crippen LogP contribution in [0.4, 0.5) is 0 Å². The van der Waals surface area contributed by atoms with Crippen molar-refractivity contribution in [1.82, 2.24) is 9.88 Å². The number of methoxy groups -OCH3 is 1. The SMILES string of the molecule is COc1nc2c(cc1C(=O)N1CCC(C(O)c3cccs3)CC1)CCC2. The largest absolute Gasteiger partial charge is 0.480 e. The van der Waals surface area contributed by atoms with Crippen molar-refractivity contribution in [2.45, 2.75) is 38.2 Å². The van der Waals surface area contributed by atoms with Crippen molar-refractivity contribution in [2.75, 3.05) is 20.2 Å². The Morgan fingerprint density at radius 1 is 1.38 bits per heavy atom. The minimum absolute atomic E-state index is 0.00638. The first kappa shape index (κ1) is 17.5. The molecule has 4 rings (SSSR count). The molecule has 1 unspecified atom stereocenters. The average molecular weight is 372 g/mol. The van der Waals surface area contributed by atoms with Crippen LogP contribution in [0.5, 0.6) is 5.88 Å². The minimum atomic E-state index is -0.427. The first-order valence-corrected chi connectivity index (χ1v) is 10.1. The van der Waals surface area contributed by atoms with Crippen molar-refractivity contribution < 1.29 is 14.6 Å². The van der Waals surface area contributed by atoms with Gasteiger partial charge in [0.25, 0.3) is 5.91 Å². The van der Waals surface area contributed by atoms with Crippen LogP contribution >= 0.6 is 11.3 Å². The van der Waals surface area contributed by atoms with Gasteiger partial charge in [-0.05, 0) is 61.1 Å². The highest BCUT2D eigenvalue weighted by molar-refractivity contribution is 7.10. The predicted octanol–water partition coefficient (Wildman–Crippen LogP) is 3.23. The van der Waals surface area contributed by atoms with Gasteiger partial charge in [-0.3, -0.25) is 4.79 Å². The third-order valence-electron chi connectivity index (χ3n) is 5.55. The number of aliphatic hydroxyl groups excluding tert-OH is 1. The number of likely N-dealkylation sites (tertiary alicyclic amines) is 1. The second-order valence-corrected chi connectivity index (χ2v) is 8.07. The number of pyridine rings is 1. The van der Waals surface area contributed by atoms with Crippen LogP contribution in [0.25, 0.3) is 0 Å². The number of amides is 1. The summed E-state index contributed by atoms with van der Waals surface area (Å²) in [5.74, 6) is 0.641. The number of thiophene rings is 1. The van der Waals surface area contributed by atoms with Gasteiger partial charge in [0.15, 0.2) is 0 Å². The van der Waals surface area contributed by atoms with E-state index in [1.165, 1.54) is 5.56 Å². The van der Waals surface area contributed by atoms with Crippen LogP contribution in [0.2, 0.25) is 0 Å². The van der Waals surface area contributed by atoms with Gasteiger partial charge in [0.05, 0.1) is 13.2 Å². The summed E-state index contributed by atoms with van der Waals surface area (Å²) in [4.78, 5) is 20.5. The van der Waals surface area contributed by atoms with E-state index in [1.807, 2.05) is 28.5 Å². The quantitative estimate of drug-likeness (QED) is 0.895. The molecule has 1 aliphatic heterocycles. The van der Waals surface area contributed by atoms with Crippen molar-refractivity contribution in [2.24, 2.45) is 5.92 Å². The highest BCUT2D eigenvalue weighted by atomic mass is 32.1. The van der Waals surface area contributed by atoms with Gasteiger partial charge in [-0.2, -0.15) is 0 Å². The molecular weight excluding hydrogens is 348 g/mol. The lowest BCUT2D eigenvalue weighted by Crippen LogP contribution is -2.40. The molecule has 2 aromatic heterocycles. The first-order chi connectivity index (χ1) is 12.7. The lowest BCUT2D eigenvalue weighted by Gasteiger charge is -2.34. The number of hydrogen-bond donors (Lipinski definition) is 1. The van der Waals surface area contributed by atoms with Crippen LogP contribution in [0.1, 0.15) is 51.9 Å². The Kier molecular flexibility index (Phi) is 4.96. The summed E-state index contributed by atoms with van der Waals surface area (Å²) in [6.45, 7) is 1.32.